The van der Waals surface area contributed by atoms with E-state index in [4.69, 9.17) is 9.26 Å². The van der Waals surface area contributed by atoms with Gasteiger partial charge < -0.3 is 9.26 Å². The molecule has 0 amide bonds. The Kier molecular flexibility index (Phi) is 5.19. The molecule has 0 radical (unpaired) electrons. The number of nitrogens with zero attached hydrogens (tertiary/aromatic N) is 3. The summed E-state index contributed by atoms with van der Waals surface area (Å²) in [6.07, 6.45) is 1.87. The van der Waals surface area contributed by atoms with E-state index < -0.39 is 0 Å². The van der Waals surface area contributed by atoms with Crippen LogP contribution in [0.15, 0.2) is 34.9 Å². The Morgan fingerprint density at radius 3 is 2.86 bits per heavy atom. The summed E-state index contributed by atoms with van der Waals surface area (Å²) in [7, 11) is 0. The average Bonchev–Trinajstić information content (AvgIpc) is 3.20. The SMILES string of the molecule is CCN(Cc1nc(Cc2ccccc2)no1)C[C@@H]1CCOC1. The van der Waals surface area contributed by atoms with Crippen molar-refractivity contribution >= 4 is 0 Å². The van der Waals surface area contributed by atoms with Crippen LogP contribution in [-0.4, -0.2) is 41.3 Å². The third kappa shape index (κ3) is 4.15. The Hall–Kier alpha value is -1.72. The van der Waals surface area contributed by atoms with Gasteiger partial charge in [-0.15, -0.1) is 0 Å². The van der Waals surface area contributed by atoms with Crippen molar-refractivity contribution in [2.75, 3.05) is 26.3 Å². The zero-order valence-electron chi connectivity index (χ0n) is 13.1. The first-order valence-electron chi connectivity index (χ1n) is 7.99. The van der Waals surface area contributed by atoms with E-state index in [0.29, 0.717) is 18.2 Å². The number of aromatic nitrogens is 2. The van der Waals surface area contributed by atoms with Gasteiger partial charge in [0.2, 0.25) is 5.89 Å². The van der Waals surface area contributed by atoms with E-state index in [-0.39, 0.29) is 0 Å². The predicted molar refractivity (Wildman–Crippen MR) is 83.4 cm³/mol. The second-order valence-electron chi connectivity index (χ2n) is 5.82. The smallest absolute Gasteiger partial charge is 0.240 e. The minimum atomic E-state index is 0.631. The molecule has 0 saturated carbocycles. The lowest BCUT2D eigenvalue weighted by Gasteiger charge is -2.21. The lowest BCUT2D eigenvalue weighted by atomic mass is 10.1. The van der Waals surface area contributed by atoms with Gasteiger partial charge in [-0.25, -0.2) is 0 Å². The lowest BCUT2D eigenvalue weighted by Crippen LogP contribution is -2.29. The van der Waals surface area contributed by atoms with Crippen molar-refractivity contribution in [2.24, 2.45) is 5.92 Å². The van der Waals surface area contributed by atoms with Gasteiger partial charge in [-0.1, -0.05) is 42.4 Å². The third-order valence-corrected chi connectivity index (χ3v) is 4.06. The van der Waals surface area contributed by atoms with Gasteiger partial charge in [0.1, 0.15) is 0 Å². The molecule has 0 unspecified atom stereocenters. The maximum atomic E-state index is 5.45. The highest BCUT2D eigenvalue weighted by molar-refractivity contribution is 5.18. The molecule has 1 aromatic heterocycles. The molecule has 2 aromatic rings. The number of ether oxygens (including phenoxy) is 1. The molecule has 0 N–H and O–H groups in total. The molecular weight excluding hydrogens is 278 g/mol. The van der Waals surface area contributed by atoms with E-state index in [1.165, 1.54) is 5.56 Å². The second-order valence-corrected chi connectivity index (χ2v) is 5.82. The van der Waals surface area contributed by atoms with Crippen LogP contribution in [-0.2, 0) is 17.7 Å². The van der Waals surface area contributed by atoms with Crippen LogP contribution in [0.25, 0.3) is 0 Å². The molecule has 0 bridgehead atoms. The molecule has 0 aliphatic carbocycles. The highest BCUT2D eigenvalue weighted by Crippen LogP contribution is 2.15. The van der Waals surface area contributed by atoms with E-state index in [1.807, 2.05) is 18.2 Å². The molecule has 118 valence electrons. The first-order chi connectivity index (χ1) is 10.8. The Morgan fingerprint density at radius 1 is 1.27 bits per heavy atom. The summed E-state index contributed by atoms with van der Waals surface area (Å²) in [4.78, 5) is 6.86. The van der Waals surface area contributed by atoms with Gasteiger partial charge in [0.15, 0.2) is 5.82 Å². The zero-order valence-corrected chi connectivity index (χ0v) is 13.1. The van der Waals surface area contributed by atoms with Crippen molar-refractivity contribution in [1.29, 1.82) is 0 Å². The van der Waals surface area contributed by atoms with Crippen molar-refractivity contribution in [2.45, 2.75) is 26.3 Å². The molecule has 2 heterocycles. The lowest BCUT2D eigenvalue weighted by molar-refractivity contribution is 0.160. The van der Waals surface area contributed by atoms with Crippen LogP contribution < -0.4 is 0 Å². The molecule has 1 saturated heterocycles. The summed E-state index contributed by atoms with van der Waals surface area (Å²) in [5, 5.41) is 4.09. The zero-order chi connectivity index (χ0) is 15.2. The molecule has 1 atom stereocenters. The number of benzene rings is 1. The normalized spacial score (nSPS) is 18.2. The first kappa shape index (κ1) is 15.2. The summed E-state index contributed by atoms with van der Waals surface area (Å²) in [5.41, 5.74) is 1.20. The van der Waals surface area contributed by atoms with Crippen LogP contribution in [0.1, 0.15) is 30.6 Å². The van der Waals surface area contributed by atoms with Gasteiger partial charge in [-0.3, -0.25) is 4.90 Å². The van der Waals surface area contributed by atoms with Crippen LogP contribution in [0.3, 0.4) is 0 Å². The number of hydrogen-bond donors (Lipinski definition) is 0. The predicted octanol–water partition coefficient (Wildman–Crippen LogP) is 2.52. The van der Waals surface area contributed by atoms with Crippen molar-refractivity contribution in [3.8, 4) is 0 Å². The van der Waals surface area contributed by atoms with Crippen molar-refractivity contribution < 1.29 is 9.26 Å². The minimum absolute atomic E-state index is 0.631. The van der Waals surface area contributed by atoms with Gasteiger partial charge in [0.25, 0.3) is 0 Å². The topological polar surface area (TPSA) is 51.4 Å². The maximum Gasteiger partial charge on any atom is 0.240 e. The number of hydrogen-bond acceptors (Lipinski definition) is 5. The Balaban J connectivity index is 1.55. The summed E-state index contributed by atoms with van der Waals surface area (Å²) in [6, 6.07) is 10.2. The Morgan fingerprint density at radius 2 is 2.14 bits per heavy atom. The van der Waals surface area contributed by atoms with E-state index in [0.717, 1.165) is 45.1 Å². The number of rotatable bonds is 7. The fraction of sp³-hybridized carbons (Fsp3) is 0.529. The van der Waals surface area contributed by atoms with Crippen LogP contribution in [0.4, 0.5) is 0 Å². The van der Waals surface area contributed by atoms with E-state index >= 15 is 0 Å². The Labute approximate surface area is 131 Å². The van der Waals surface area contributed by atoms with E-state index in [1.54, 1.807) is 0 Å². The van der Waals surface area contributed by atoms with Gasteiger partial charge in [0.05, 0.1) is 13.2 Å². The highest BCUT2D eigenvalue weighted by Gasteiger charge is 2.20. The van der Waals surface area contributed by atoms with Gasteiger partial charge >= 0.3 is 0 Å². The van der Waals surface area contributed by atoms with E-state index in [9.17, 15) is 0 Å². The highest BCUT2D eigenvalue weighted by atomic mass is 16.5. The van der Waals surface area contributed by atoms with Crippen LogP contribution in [0.2, 0.25) is 0 Å². The fourth-order valence-electron chi connectivity index (χ4n) is 2.79. The first-order valence-corrected chi connectivity index (χ1v) is 7.99. The summed E-state index contributed by atoms with van der Waals surface area (Å²) < 4.78 is 10.8. The standard InChI is InChI=1S/C17H23N3O2/c1-2-20(11-15-8-9-21-13-15)12-17-18-16(19-22-17)10-14-6-4-3-5-7-14/h3-7,15H,2,8-13H2,1H3/t15-/m0/s1. The van der Waals surface area contributed by atoms with Gasteiger partial charge in [-0.05, 0) is 24.4 Å². The van der Waals surface area contributed by atoms with Crippen molar-refractivity contribution in [3.63, 3.8) is 0 Å². The van der Waals surface area contributed by atoms with Crippen molar-refractivity contribution in [3.05, 3.63) is 47.6 Å². The molecule has 1 fully saturated rings. The molecule has 0 spiro atoms. The van der Waals surface area contributed by atoms with Crippen molar-refractivity contribution in [1.82, 2.24) is 15.0 Å². The largest absolute Gasteiger partial charge is 0.381 e. The maximum absolute atomic E-state index is 5.45. The molecule has 3 rings (SSSR count). The summed E-state index contributed by atoms with van der Waals surface area (Å²) in [6.45, 7) is 6.66. The van der Waals surface area contributed by atoms with E-state index in [2.05, 4.69) is 34.1 Å². The molecular formula is C17H23N3O2. The quantitative estimate of drug-likeness (QED) is 0.786. The molecule has 1 aliphatic heterocycles. The van der Waals surface area contributed by atoms with Gasteiger partial charge in [-0.2, -0.15) is 4.98 Å². The van der Waals surface area contributed by atoms with Gasteiger partial charge in [0, 0.05) is 19.6 Å². The Bertz CT molecular complexity index is 564. The second kappa shape index (κ2) is 7.51. The summed E-state index contributed by atoms with van der Waals surface area (Å²) in [5.74, 6) is 2.08. The molecule has 1 aliphatic rings. The third-order valence-electron chi connectivity index (χ3n) is 4.06. The molecule has 1 aromatic carbocycles. The molecule has 5 heteroatoms. The fourth-order valence-corrected chi connectivity index (χ4v) is 2.79. The van der Waals surface area contributed by atoms with Crippen LogP contribution in [0.5, 0.6) is 0 Å². The monoisotopic (exact) mass is 301 g/mol. The average molecular weight is 301 g/mol. The summed E-state index contributed by atoms with van der Waals surface area (Å²) >= 11 is 0. The van der Waals surface area contributed by atoms with Crippen LogP contribution >= 0.6 is 0 Å². The molecule has 5 nitrogen and oxygen atoms in total. The molecule has 22 heavy (non-hydrogen) atoms. The van der Waals surface area contributed by atoms with Crippen LogP contribution in [0, 0.1) is 5.92 Å². The minimum Gasteiger partial charge on any atom is -0.381 e.